The van der Waals surface area contributed by atoms with Gasteiger partial charge in [-0.2, -0.15) is 0 Å². The highest BCUT2D eigenvalue weighted by Crippen LogP contribution is 2.46. The van der Waals surface area contributed by atoms with Gasteiger partial charge in [-0.15, -0.1) is 0 Å². The minimum absolute atomic E-state index is 0.0730. The fourth-order valence-electron chi connectivity index (χ4n) is 2.99. The Hall–Kier alpha value is -1.13. The predicted molar refractivity (Wildman–Crippen MR) is 71.4 cm³/mol. The molecule has 106 valence electrons. The number of Topliss-reactive ketones (excluding diaryl/α,β-unsaturated/α-hetero) is 1. The summed E-state index contributed by atoms with van der Waals surface area (Å²) in [6.45, 7) is 7.14. The third-order valence-corrected chi connectivity index (χ3v) is 3.87. The van der Waals surface area contributed by atoms with Crippen molar-refractivity contribution in [3.63, 3.8) is 0 Å². The average Bonchev–Trinajstić information content (AvgIpc) is 2.44. The number of hydrogen-bond donors (Lipinski definition) is 2. The molecule has 0 aromatic heterocycles. The van der Waals surface area contributed by atoms with Crippen LogP contribution in [0.1, 0.15) is 40.5 Å². The molecule has 1 aliphatic carbocycles. The van der Waals surface area contributed by atoms with Gasteiger partial charge in [-0.3, -0.25) is 4.79 Å². The van der Waals surface area contributed by atoms with Crippen LogP contribution in [0.2, 0.25) is 0 Å². The lowest BCUT2D eigenvalue weighted by Crippen LogP contribution is -2.50. The van der Waals surface area contributed by atoms with Gasteiger partial charge in [0.2, 0.25) is 0 Å². The van der Waals surface area contributed by atoms with Crippen LogP contribution in [0.25, 0.3) is 0 Å². The third-order valence-electron chi connectivity index (χ3n) is 3.87. The molecule has 2 N–H and O–H groups in total. The van der Waals surface area contributed by atoms with Crippen LogP contribution < -0.4 is 0 Å². The molecule has 0 spiro atoms. The molecule has 0 unspecified atom stereocenters. The molecule has 0 aromatic carbocycles. The van der Waals surface area contributed by atoms with Crippen LogP contribution in [-0.2, 0) is 9.53 Å². The van der Waals surface area contributed by atoms with Crippen molar-refractivity contribution in [1.29, 1.82) is 0 Å². The summed E-state index contributed by atoms with van der Waals surface area (Å²) in [6.07, 6.45) is 3.57. The standard InChI is InChI=1S/C15H22O4/c1-9(2)5-6-12-15(4,18)13-10(16)7-14(3,17)8-11(13)19-12/h5-6,11,13,17-18H,7-8H2,1-4H3/t11-,13+,14+,15-/m0/s1. The molecule has 0 bridgehead atoms. The van der Waals surface area contributed by atoms with Crippen LogP contribution >= 0.6 is 0 Å². The van der Waals surface area contributed by atoms with Gasteiger partial charge < -0.3 is 14.9 Å². The minimum atomic E-state index is -1.29. The van der Waals surface area contributed by atoms with E-state index in [4.69, 9.17) is 4.74 Å². The van der Waals surface area contributed by atoms with Crippen molar-refractivity contribution < 1.29 is 19.7 Å². The number of ether oxygens (including phenoxy) is 1. The van der Waals surface area contributed by atoms with E-state index >= 15 is 0 Å². The Morgan fingerprint density at radius 2 is 2.00 bits per heavy atom. The monoisotopic (exact) mass is 266 g/mol. The summed E-state index contributed by atoms with van der Waals surface area (Å²) >= 11 is 0. The van der Waals surface area contributed by atoms with Crippen LogP contribution in [0.3, 0.4) is 0 Å². The third kappa shape index (κ3) is 2.60. The van der Waals surface area contributed by atoms with Gasteiger partial charge in [0.05, 0.1) is 11.5 Å². The number of aliphatic hydroxyl groups is 2. The molecule has 19 heavy (non-hydrogen) atoms. The summed E-state index contributed by atoms with van der Waals surface area (Å²) in [6, 6.07) is 0. The molecule has 2 fully saturated rings. The highest BCUT2D eigenvalue weighted by Gasteiger charge is 2.58. The van der Waals surface area contributed by atoms with Crippen LogP contribution in [0, 0.1) is 5.92 Å². The van der Waals surface area contributed by atoms with E-state index < -0.39 is 23.2 Å². The summed E-state index contributed by atoms with van der Waals surface area (Å²) < 4.78 is 5.72. The molecule has 2 rings (SSSR count). The first-order valence-corrected chi connectivity index (χ1v) is 6.63. The quantitative estimate of drug-likeness (QED) is 0.758. The van der Waals surface area contributed by atoms with Gasteiger partial charge in [0.1, 0.15) is 23.2 Å². The van der Waals surface area contributed by atoms with Gasteiger partial charge >= 0.3 is 0 Å². The zero-order valence-electron chi connectivity index (χ0n) is 11.9. The fourth-order valence-corrected chi connectivity index (χ4v) is 2.99. The predicted octanol–water partition coefficient (Wildman–Crippen LogP) is 1.72. The maximum absolute atomic E-state index is 12.1. The van der Waals surface area contributed by atoms with Gasteiger partial charge in [0.15, 0.2) is 0 Å². The largest absolute Gasteiger partial charge is 0.491 e. The SMILES string of the molecule is CC(C)=CC=C1O[C@H]2C[C@](C)(O)CC(=O)[C@H]2[C@@]1(C)O. The maximum Gasteiger partial charge on any atom is 0.145 e. The van der Waals surface area contributed by atoms with E-state index in [1.165, 1.54) is 0 Å². The molecular weight excluding hydrogens is 244 g/mol. The number of fused-ring (bicyclic) bond motifs is 1. The molecule has 0 radical (unpaired) electrons. The lowest BCUT2D eigenvalue weighted by atomic mass is 9.71. The highest BCUT2D eigenvalue weighted by atomic mass is 16.5. The first-order valence-electron chi connectivity index (χ1n) is 6.63. The van der Waals surface area contributed by atoms with Gasteiger partial charge in [0.25, 0.3) is 0 Å². The Bertz CT molecular complexity index is 453. The first-order chi connectivity index (χ1) is 8.63. The number of carbonyl (C=O) groups is 1. The summed E-state index contributed by atoms with van der Waals surface area (Å²) in [5, 5.41) is 20.6. The van der Waals surface area contributed by atoms with Crippen molar-refractivity contribution in [2.45, 2.75) is 57.8 Å². The topological polar surface area (TPSA) is 66.8 Å². The molecule has 1 saturated heterocycles. The number of carbonyl (C=O) groups excluding carboxylic acids is 1. The van der Waals surface area contributed by atoms with Gasteiger partial charge in [-0.1, -0.05) is 11.6 Å². The van der Waals surface area contributed by atoms with Gasteiger partial charge in [-0.25, -0.2) is 0 Å². The Kier molecular flexibility index (Phi) is 3.35. The Balaban J connectivity index is 2.34. The lowest BCUT2D eigenvalue weighted by molar-refractivity contribution is -0.142. The van der Waals surface area contributed by atoms with Crippen molar-refractivity contribution in [2.75, 3.05) is 0 Å². The van der Waals surface area contributed by atoms with Crippen molar-refractivity contribution in [3.05, 3.63) is 23.5 Å². The first kappa shape index (κ1) is 14.3. The molecule has 1 aliphatic heterocycles. The zero-order valence-corrected chi connectivity index (χ0v) is 11.9. The second kappa shape index (κ2) is 4.46. The fraction of sp³-hybridized carbons (Fsp3) is 0.667. The summed E-state index contributed by atoms with van der Waals surface area (Å²) in [5.41, 5.74) is -1.25. The van der Waals surface area contributed by atoms with Gasteiger partial charge in [0, 0.05) is 12.8 Å². The van der Waals surface area contributed by atoms with E-state index in [-0.39, 0.29) is 12.2 Å². The van der Waals surface area contributed by atoms with E-state index in [0.29, 0.717) is 12.2 Å². The van der Waals surface area contributed by atoms with E-state index in [1.54, 1.807) is 19.9 Å². The normalized spacial score (nSPS) is 43.9. The van der Waals surface area contributed by atoms with Crippen molar-refractivity contribution in [2.24, 2.45) is 5.92 Å². The molecule has 4 heteroatoms. The van der Waals surface area contributed by atoms with Crippen LogP contribution in [0.5, 0.6) is 0 Å². The van der Waals surface area contributed by atoms with Crippen LogP contribution in [-0.4, -0.2) is 33.3 Å². The molecule has 4 nitrogen and oxygen atoms in total. The van der Waals surface area contributed by atoms with Crippen LogP contribution in [0.15, 0.2) is 23.5 Å². The zero-order chi connectivity index (χ0) is 14.4. The number of ketones is 1. The van der Waals surface area contributed by atoms with E-state index in [9.17, 15) is 15.0 Å². The Labute approximate surface area is 113 Å². The Morgan fingerprint density at radius 1 is 1.37 bits per heavy atom. The maximum atomic E-state index is 12.1. The van der Waals surface area contributed by atoms with E-state index in [2.05, 4.69) is 0 Å². The average molecular weight is 266 g/mol. The summed E-state index contributed by atoms with van der Waals surface area (Å²) in [5.74, 6) is -0.300. The van der Waals surface area contributed by atoms with E-state index in [0.717, 1.165) is 5.57 Å². The number of rotatable bonds is 1. The van der Waals surface area contributed by atoms with Crippen LogP contribution in [0.4, 0.5) is 0 Å². The molecule has 4 atom stereocenters. The highest BCUT2D eigenvalue weighted by molar-refractivity contribution is 5.85. The molecule has 0 aromatic rings. The van der Waals surface area contributed by atoms with Crippen molar-refractivity contribution in [3.8, 4) is 0 Å². The van der Waals surface area contributed by atoms with Gasteiger partial charge in [-0.05, 0) is 33.8 Å². The molecule has 1 saturated carbocycles. The Morgan fingerprint density at radius 3 is 2.58 bits per heavy atom. The minimum Gasteiger partial charge on any atom is -0.491 e. The number of allylic oxidation sites excluding steroid dienone is 3. The van der Waals surface area contributed by atoms with Crippen molar-refractivity contribution >= 4 is 5.78 Å². The smallest absolute Gasteiger partial charge is 0.145 e. The lowest BCUT2D eigenvalue weighted by Gasteiger charge is -2.36. The van der Waals surface area contributed by atoms with E-state index in [1.807, 2.05) is 19.9 Å². The molecular formula is C15H22O4. The summed E-state index contributed by atoms with van der Waals surface area (Å²) in [4.78, 5) is 12.1. The second-order valence-corrected chi connectivity index (χ2v) is 6.40. The molecule has 2 aliphatic rings. The number of hydrogen-bond acceptors (Lipinski definition) is 4. The second-order valence-electron chi connectivity index (χ2n) is 6.40. The summed E-state index contributed by atoms with van der Waals surface area (Å²) in [7, 11) is 0. The molecule has 0 amide bonds. The van der Waals surface area contributed by atoms with Crippen molar-refractivity contribution in [1.82, 2.24) is 0 Å². The molecule has 1 heterocycles.